The third-order valence-corrected chi connectivity index (χ3v) is 5.60. The zero-order chi connectivity index (χ0) is 18.5. The largest absolute Gasteiger partial charge is 0.497 e. The summed E-state index contributed by atoms with van der Waals surface area (Å²) < 4.78 is 5.79. The Morgan fingerprint density at radius 2 is 2.38 bits per heavy atom. The Labute approximate surface area is 158 Å². The Hall–Kier alpha value is -2.64. The van der Waals surface area contributed by atoms with Crippen molar-refractivity contribution in [2.75, 3.05) is 29.6 Å². The molecule has 0 saturated carbocycles. The molecular weight excluding hydrogens is 374 g/mol. The molecule has 0 unspecified atom stereocenters. The van der Waals surface area contributed by atoms with E-state index < -0.39 is 5.92 Å². The topological polar surface area (TPSA) is 108 Å². The van der Waals surface area contributed by atoms with Crippen LogP contribution in [-0.2, 0) is 9.59 Å². The number of aromatic nitrogens is 2. The Bertz CT molecular complexity index is 864. The van der Waals surface area contributed by atoms with Crippen molar-refractivity contribution in [2.24, 2.45) is 5.92 Å². The number of benzene rings is 1. The monoisotopic (exact) mass is 389 g/mol. The third-order valence-electron chi connectivity index (χ3n) is 3.76. The molecule has 1 aliphatic heterocycles. The number of carbonyl (C=O) groups excluding carboxylic acids is 2. The molecule has 1 atom stereocenters. The van der Waals surface area contributed by atoms with Gasteiger partial charge < -0.3 is 15.0 Å². The van der Waals surface area contributed by atoms with E-state index >= 15 is 0 Å². The van der Waals surface area contributed by atoms with E-state index in [4.69, 9.17) is 10.00 Å². The first-order chi connectivity index (χ1) is 12.6. The number of carbonyl (C=O) groups is 2. The number of hydrogen-bond acceptors (Lipinski definition) is 8. The van der Waals surface area contributed by atoms with Crippen LogP contribution < -0.4 is 15.0 Å². The number of nitrogens with one attached hydrogen (secondary N) is 1. The summed E-state index contributed by atoms with van der Waals surface area (Å²) in [5, 5.41) is 19.4. The van der Waals surface area contributed by atoms with Gasteiger partial charge in [-0.25, -0.2) is 0 Å². The quantitative estimate of drug-likeness (QED) is 0.596. The molecule has 8 nitrogen and oxygen atoms in total. The lowest BCUT2D eigenvalue weighted by atomic mass is 10.1. The number of ether oxygens (including phenoxy) is 1. The molecule has 0 radical (unpaired) electrons. The van der Waals surface area contributed by atoms with E-state index in [2.05, 4.69) is 15.5 Å². The van der Waals surface area contributed by atoms with Crippen LogP contribution in [0, 0.1) is 17.2 Å². The number of methoxy groups -OCH3 is 1. The van der Waals surface area contributed by atoms with E-state index in [1.807, 2.05) is 12.1 Å². The molecule has 1 aromatic heterocycles. The Morgan fingerprint density at radius 3 is 3.15 bits per heavy atom. The minimum atomic E-state index is -0.465. The molecule has 10 heteroatoms. The van der Waals surface area contributed by atoms with Crippen molar-refractivity contribution in [3.8, 4) is 11.8 Å². The molecular formula is C16H15N5O3S2. The number of nitrogens with zero attached hydrogens (tertiary/aromatic N) is 4. The lowest BCUT2D eigenvalue weighted by Crippen LogP contribution is -2.28. The first-order valence-electron chi connectivity index (χ1n) is 7.69. The maximum absolute atomic E-state index is 12.4. The van der Waals surface area contributed by atoms with Crippen molar-refractivity contribution in [1.29, 1.82) is 5.26 Å². The standard InChI is InChI=1S/C16H15N5O3S2/c1-24-12-4-2-3-11(8-12)21-9-10(7-13(21)22)14(23)18-15-19-20-16(26-15)25-6-5-17/h2-4,8,10H,6-7,9H2,1H3,(H,18,19,23)/t10-/m1/s1. The number of thioether (sulfide) groups is 1. The Balaban J connectivity index is 1.63. The van der Waals surface area contributed by atoms with Crippen LogP contribution in [0.15, 0.2) is 28.6 Å². The fraction of sp³-hybridized carbons (Fsp3) is 0.312. The van der Waals surface area contributed by atoms with E-state index in [0.29, 0.717) is 27.5 Å². The van der Waals surface area contributed by atoms with Gasteiger partial charge in [0.1, 0.15) is 5.75 Å². The predicted octanol–water partition coefficient (Wildman–Crippen LogP) is 2.15. The van der Waals surface area contributed by atoms with Gasteiger partial charge in [-0.15, -0.1) is 10.2 Å². The van der Waals surface area contributed by atoms with Crippen LogP contribution in [0.4, 0.5) is 10.8 Å². The molecule has 2 amide bonds. The summed E-state index contributed by atoms with van der Waals surface area (Å²) in [6, 6.07) is 9.18. The predicted molar refractivity (Wildman–Crippen MR) is 98.3 cm³/mol. The molecule has 1 aliphatic rings. The molecule has 3 rings (SSSR count). The Kier molecular flexibility index (Phi) is 5.70. The number of rotatable bonds is 6. The van der Waals surface area contributed by atoms with Gasteiger partial charge in [-0.1, -0.05) is 29.2 Å². The minimum absolute atomic E-state index is 0.110. The molecule has 134 valence electrons. The average Bonchev–Trinajstić information content (AvgIpc) is 3.26. The fourth-order valence-electron chi connectivity index (χ4n) is 2.53. The molecule has 1 N–H and O–H groups in total. The van der Waals surface area contributed by atoms with Crippen molar-refractivity contribution >= 4 is 45.7 Å². The number of hydrogen-bond donors (Lipinski definition) is 1. The first-order valence-corrected chi connectivity index (χ1v) is 9.49. The SMILES string of the molecule is COc1cccc(N2C[C@H](C(=O)Nc3nnc(SCC#N)s3)CC2=O)c1. The lowest BCUT2D eigenvalue weighted by molar-refractivity contribution is -0.122. The van der Waals surface area contributed by atoms with E-state index in [1.165, 1.54) is 23.1 Å². The molecule has 1 saturated heterocycles. The Morgan fingerprint density at radius 1 is 1.54 bits per heavy atom. The van der Waals surface area contributed by atoms with Gasteiger partial charge in [0.2, 0.25) is 16.9 Å². The van der Waals surface area contributed by atoms with Crippen molar-refractivity contribution in [3.05, 3.63) is 24.3 Å². The van der Waals surface area contributed by atoms with Gasteiger partial charge in [0.25, 0.3) is 0 Å². The van der Waals surface area contributed by atoms with E-state index in [-0.39, 0.29) is 24.0 Å². The maximum atomic E-state index is 12.4. The molecule has 2 heterocycles. The number of amides is 2. The van der Waals surface area contributed by atoms with Crippen molar-refractivity contribution in [2.45, 2.75) is 10.8 Å². The highest BCUT2D eigenvalue weighted by Gasteiger charge is 2.35. The van der Waals surface area contributed by atoms with Gasteiger partial charge in [-0.3, -0.25) is 9.59 Å². The summed E-state index contributed by atoms with van der Waals surface area (Å²) >= 11 is 2.47. The van der Waals surface area contributed by atoms with E-state index in [0.717, 1.165) is 0 Å². The van der Waals surface area contributed by atoms with Crippen molar-refractivity contribution < 1.29 is 14.3 Å². The summed E-state index contributed by atoms with van der Waals surface area (Å²) in [5.74, 6) is 0.0831. The molecule has 0 bridgehead atoms. The van der Waals surface area contributed by atoms with Crippen molar-refractivity contribution in [3.63, 3.8) is 0 Å². The van der Waals surface area contributed by atoms with Crippen LogP contribution in [0.5, 0.6) is 5.75 Å². The van der Waals surface area contributed by atoms with Crippen LogP contribution in [-0.4, -0.2) is 41.4 Å². The average molecular weight is 389 g/mol. The van der Waals surface area contributed by atoms with Crippen LogP contribution in [0.2, 0.25) is 0 Å². The molecule has 1 aromatic carbocycles. The minimum Gasteiger partial charge on any atom is -0.497 e. The zero-order valence-corrected chi connectivity index (χ0v) is 15.5. The highest BCUT2D eigenvalue weighted by molar-refractivity contribution is 8.01. The summed E-state index contributed by atoms with van der Waals surface area (Å²) in [7, 11) is 1.56. The van der Waals surface area contributed by atoms with Crippen molar-refractivity contribution in [1.82, 2.24) is 10.2 Å². The van der Waals surface area contributed by atoms with Gasteiger partial charge in [0.05, 0.1) is 24.8 Å². The van der Waals surface area contributed by atoms with E-state index in [9.17, 15) is 9.59 Å². The molecule has 2 aromatic rings. The molecule has 0 spiro atoms. The first kappa shape index (κ1) is 18.2. The van der Waals surface area contributed by atoms with Crippen LogP contribution >= 0.6 is 23.1 Å². The third kappa shape index (κ3) is 4.12. The van der Waals surface area contributed by atoms with Crippen LogP contribution in [0.3, 0.4) is 0 Å². The summed E-state index contributed by atoms with van der Waals surface area (Å²) in [4.78, 5) is 26.3. The normalized spacial score (nSPS) is 16.4. The van der Waals surface area contributed by atoms with Gasteiger partial charge >= 0.3 is 0 Å². The summed E-state index contributed by atoms with van der Waals surface area (Å²) in [6.45, 7) is 0.298. The fourth-order valence-corrected chi connectivity index (χ4v) is 3.95. The molecule has 1 fully saturated rings. The smallest absolute Gasteiger partial charge is 0.231 e. The van der Waals surface area contributed by atoms with Gasteiger partial charge in [-0.2, -0.15) is 5.26 Å². The second kappa shape index (κ2) is 8.16. The van der Waals surface area contributed by atoms with Crippen LogP contribution in [0.1, 0.15) is 6.42 Å². The zero-order valence-electron chi connectivity index (χ0n) is 13.8. The number of nitriles is 1. The van der Waals surface area contributed by atoms with Crippen LogP contribution in [0.25, 0.3) is 0 Å². The second-order valence-electron chi connectivity index (χ2n) is 5.42. The summed E-state index contributed by atoms with van der Waals surface area (Å²) in [5.41, 5.74) is 0.704. The lowest BCUT2D eigenvalue weighted by Gasteiger charge is -2.17. The maximum Gasteiger partial charge on any atom is 0.231 e. The highest BCUT2D eigenvalue weighted by atomic mass is 32.2. The molecule has 26 heavy (non-hydrogen) atoms. The van der Waals surface area contributed by atoms with Gasteiger partial charge in [0, 0.05) is 24.7 Å². The second-order valence-corrected chi connectivity index (χ2v) is 7.62. The summed E-state index contributed by atoms with van der Waals surface area (Å²) in [6.07, 6.45) is 0.137. The van der Waals surface area contributed by atoms with Gasteiger partial charge in [0.15, 0.2) is 4.34 Å². The molecule has 0 aliphatic carbocycles. The van der Waals surface area contributed by atoms with Gasteiger partial charge in [-0.05, 0) is 12.1 Å². The number of anilines is 2. The van der Waals surface area contributed by atoms with E-state index in [1.54, 1.807) is 30.2 Å². The highest BCUT2D eigenvalue weighted by Crippen LogP contribution is 2.29.